The molecule has 1 fully saturated rings. The largest absolute Gasteiger partial charge is 0.315 e. The molecular formula is C13H22N4OS. The van der Waals surface area contributed by atoms with Crippen molar-refractivity contribution in [1.29, 1.82) is 0 Å². The minimum Gasteiger partial charge on any atom is -0.315 e. The average molecular weight is 282 g/mol. The number of hydrogen-bond acceptors (Lipinski definition) is 5. The Morgan fingerprint density at radius 2 is 2.37 bits per heavy atom. The van der Waals surface area contributed by atoms with E-state index in [9.17, 15) is 4.79 Å². The molecule has 0 radical (unpaired) electrons. The maximum Gasteiger partial charge on any atom is 0.225 e. The predicted octanol–water partition coefficient (Wildman–Crippen LogP) is 1.31. The van der Waals surface area contributed by atoms with Gasteiger partial charge in [0.15, 0.2) is 5.13 Å². The van der Waals surface area contributed by atoms with Crippen LogP contribution >= 0.6 is 11.3 Å². The molecule has 0 saturated carbocycles. The molecule has 0 aliphatic carbocycles. The highest BCUT2D eigenvalue weighted by atomic mass is 32.1. The second-order valence-electron chi connectivity index (χ2n) is 4.76. The molecule has 0 aromatic carbocycles. The normalized spacial score (nSPS) is 17.2. The number of aromatic nitrogens is 1. The SMILES string of the molecule is CCN(C(C)=O)c1nc(CN2CCCNCC2)cs1. The van der Waals surface area contributed by atoms with Crippen molar-refractivity contribution >= 4 is 22.4 Å². The number of nitrogens with one attached hydrogen (secondary N) is 1. The van der Waals surface area contributed by atoms with E-state index in [4.69, 9.17) is 0 Å². The minimum atomic E-state index is 0.0578. The van der Waals surface area contributed by atoms with Gasteiger partial charge in [-0.25, -0.2) is 4.98 Å². The van der Waals surface area contributed by atoms with E-state index in [1.54, 1.807) is 23.2 Å². The summed E-state index contributed by atoms with van der Waals surface area (Å²) >= 11 is 1.56. The Bertz CT molecular complexity index is 413. The number of rotatable bonds is 4. The van der Waals surface area contributed by atoms with E-state index >= 15 is 0 Å². The minimum absolute atomic E-state index is 0.0578. The molecule has 2 rings (SSSR count). The monoisotopic (exact) mass is 282 g/mol. The zero-order valence-corrected chi connectivity index (χ0v) is 12.5. The lowest BCUT2D eigenvalue weighted by Gasteiger charge is -2.18. The Hall–Kier alpha value is -0.980. The van der Waals surface area contributed by atoms with Gasteiger partial charge in [0.25, 0.3) is 0 Å². The van der Waals surface area contributed by atoms with Gasteiger partial charge in [-0.1, -0.05) is 0 Å². The quantitative estimate of drug-likeness (QED) is 0.904. The van der Waals surface area contributed by atoms with E-state index in [2.05, 4.69) is 20.6 Å². The lowest BCUT2D eigenvalue weighted by molar-refractivity contribution is -0.116. The van der Waals surface area contributed by atoms with E-state index in [-0.39, 0.29) is 5.91 Å². The van der Waals surface area contributed by atoms with E-state index in [0.29, 0.717) is 6.54 Å². The zero-order valence-electron chi connectivity index (χ0n) is 11.7. The van der Waals surface area contributed by atoms with Gasteiger partial charge in [-0.3, -0.25) is 14.6 Å². The summed E-state index contributed by atoms with van der Waals surface area (Å²) in [7, 11) is 0. The van der Waals surface area contributed by atoms with Crippen molar-refractivity contribution in [3.63, 3.8) is 0 Å². The van der Waals surface area contributed by atoms with Gasteiger partial charge in [-0.15, -0.1) is 11.3 Å². The molecule has 1 aliphatic heterocycles. The fraction of sp³-hybridized carbons (Fsp3) is 0.692. The Kier molecular flexibility index (Phi) is 5.30. The summed E-state index contributed by atoms with van der Waals surface area (Å²) in [4.78, 5) is 20.2. The molecule has 1 aromatic heterocycles. The van der Waals surface area contributed by atoms with Crippen LogP contribution in [-0.2, 0) is 11.3 Å². The molecule has 1 saturated heterocycles. The Morgan fingerprint density at radius 1 is 1.53 bits per heavy atom. The first-order chi connectivity index (χ1) is 9.20. The first-order valence-electron chi connectivity index (χ1n) is 6.86. The van der Waals surface area contributed by atoms with Crippen LogP contribution in [0.15, 0.2) is 5.38 Å². The van der Waals surface area contributed by atoms with Crippen molar-refractivity contribution in [2.75, 3.05) is 37.6 Å². The van der Waals surface area contributed by atoms with Gasteiger partial charge < -0.3 is 5.32 Å². The van der Waals surface area contributed by atoms with Gasteiger partial charge in [0.05, 0.1) is 5.69 Å². The molecule has 1 aromatic rings. The third-order valence-electron chi connectivity index (χ3n) is 3.29. The summed E-state index contributed by atoms with van der Waals surface area (Å²) < 4.78 is 0. The Labute approximate surface area is 118 Å². The molecule has 1 N–H and O–H groups in total. The maximum absolute atomic E-state index is 11.5. The van der Waals surface area contributed by atoms with Crippen molar-refractivity contribution in [3.05, 3.63) is 11.1 Å². The highest BCUT2D eigenvalue weighted by Crippen LogP contribution is 2.21. The first-order valence-corrected chi connectivity index (χ1v) is 7.74. The summed E-state index contributed by atoms with van der Waals surface area (Å²) in [5.41, 5.74) is 1.07. The predicted molar refractivity (Wildman–Crippen MR) is 78.6 cm³/mol. The second kappa shape index (κ2) is 6.98. The van der Waals surface area contributed by atoms with E-state index in [1.807, 2.05) is 6.92 Å². The van der Waals surface area contributed by atoms with E-state index in [1.165, 1.54) is 6.42 Å². The van der Waals surface area contributed by atoms with Crippen LogP contribution in [0.4, 0.5) is 5.13 Å². The molecule has 0 bridgehead atoms. The van der Waals surface area contributed by atoms with Crippen LogP contribution in [0, 0.1) is 0 Å². The molecule has 0 spiro atoms. The third-order valence-corrected chi connectivity index (χ3v) is 4.20. The smallest absolute Gasteiger partial charge is 0.225 e. The molecule has 1 aliphatic rings. The highest BCUT2D eigenvalue weighted by molar-refractivity contribution is 7.14. The van der Waals surface area contributed by atoms with E-state index in [0.717, 1.165) is 43.5 Å². The maximum atomic E-state index is 11.5. The Morgan fingerprint density at radius 3 is 3.11 bits per heavy atom. The standard InChI is InChI=1S/C13H22N4OS/c1-3-17(11(2)18)13-15-12(10-19-13)9-16-7-4-5-14-6-8-16/h10,14H,3-9H2,1-2H3. The van der Waals surface area contributed by atoms with Gasteiger partial charge in [-0.2, -0.15) is 0 Å². The summed E-state index contributed by atoms with van der Waals surface area (Å²) in [6, 6.07) is 0. The number of nitrogens with zero attached hydrogens (tertiary/aromatic N) is 3. The summed E-state index contributed by atoms with van der Waals surface area (Å²) in [5, 5.41) is 6.28. The molecule has 6 heteroatoms. The number of carbonyl (C=O) groups is 1. The summed E-state index contributed by atoms with van der Waals surface area (Å²) in [5.74, 6) is 0.0578. The average Bonchev–Trinajstić information content (AvgIpc) is 2.66. The third kappa shape index (κ3) is 3.99. The molecular weight excluding hydrogens is 260 g/mol. The highest BCUT2D eigenvalue weighted by Gasteiger charge is 2.15. The van der Waals surface area contributed by atoms with Crippen LogP contribution in [0.2, 0.25) is 0 Å². The number of thiazole rings is 1. The van der Waals surface area contributed by atoms with Gasteiger partial charge in [0.2, 0.25) is 5.91 Å². The Balaban J connectivity index is 1.98. The van der Waals surface area contributed by atoms with Gasteiger partial charge in [-0.05, 0) is 26.4 Å². The van der Waals surface area contributed by atoms with Gasteiger partial charge >= 0.3 is 0 Å². The molecule has 106 valence electrons. The summed E-state index contributed by atoms with van der Waals surface area (Å²) in [6.45, 7) is 9.46. The second-order valence-corrected chi connectivity index (χ2v) is 5.60. The van der Waals surface area contributed by atoms with Crippen molar-refractivity contribution in [3.8, 4) is 0 Å². The first kappa shape index (κ1) is 14.4. The molecule has 1 amide bonds. The van der Waals surface area contributed by atoms with Crippen molar-refractivity contribution < 1.29 is 4.79 Å². The fourth-order valence-electron chi connectivity index (χ4n) is 2.27. The zero-order chi connectivity index (χ0) is 13.7. The van der Waals surface area contributed by atoms with Crippen LogP contribution in [-0.4, -0.2) is 48.5 Å². The van der Waals surface area contributed by atoms with Crippen molar-refractivity contribution in [2.24, 2.45) is 0 Å². The topological polar surface area (TPSA) is 48.5 Å². The number of carbonyl (C=O) groups excluding carboxylic acids is 1. The van der Waals surface area contributed by atoms with Crippen LogP contribution in [0.25, 0.3) is 0 Å². The van der Waals surface area contributed by atoms with Crippen LogP contribution in [0.3, 0.4) is 0 Å². The lowest BCUT2D eigenvalue weighted by atomic mass is 10.3. The van der Waals surface area contributed by atoms with Gasteiger partial charge in [0.1, 0.15) is 0 Å². The lowest BCUT2D eigenvalue weighted by Crippen LogP contribution is -2.29. The molecule has 2 heterocycles. The number of anilines is 1. The molecule has 0 atom stereocenters. The van der Waals surface area contributed by atoms with Crippen LogP contribution < -0.4 is 10.2 Å². The number of hydrogen-bond donors (Lipinski definition) is 1. The van der Waals surface area contributed by atoms with Crippen molar-refractivity contribution in [2.45, 2.75) is 26.8 Å². The molecule has 0 unspecified atom stereocenters. The molecule has 19 heavy (non-hydrogen) atoms. The molecule has 5 nitrogen and oxygen atoms in total. The fourth-order valence-corrected chi connectivity index (χ4v) is 3.20. The number of amides is 1. The van der Waals surface area contributed by atoms with Crippen LogP contribution in [0.5, 0.6) is 0 Å². The van der Waals surface area contributed by atoms with E-state index < -0.39 is 0 Å². The summed E-state index contributed by atoms with van der Waals surface area (Å²) in [6.07, 6.45) is 1.19. The van der Waals surface area contributed by atoms with Gasteiger partial charge in [0, 0.05) is 38.5 Å². The van der Waals surface area contributed by atoms with Crippen LogP contribution in [0.1, 0.15) is 26.0 Å². The van der Waals surface area contributed by atoms with Crippen molar-refractivity contribution in [1.82, 2.24) is 15.2 Å².